The van der Waals surface area contributed by atoms with Crippen molar-refractivity contribution in [2.45, 2.75) is 31.7 Å². The highest BCUT2D eigenvalue weighted by Crippen LogP contribution is 2.28. The third-order valence-corrected chi connectivity index (χ3v) is 3.28. The summed E-state index contributed by atoms with van der Waals surface area (Å²) in [5, 5.41) is 11.6. The number of carbonyl (C=O) groups is 3. The maximum absolute atomic E-state index is 11.9. The van der Waals surface area contributed by atoms with Gasteiger partial charge in [-0.2, -0.15) is 0 Å². The average molecular weight is 257 g/mol. The molecule has 0 radical (unpaired) electrons. The number of carboxylic acid groups (broad SMARTS) is 1. The number of likely N-dealkylation sites (tertiary alicyclic amines) is 1. The van der Waals surface area contributed by atoms with E-state index in [1.165, 1.54) is 11.8 Å². The quantitative estimate of drug-likeness (QED) is 0.592. The van der Waals surface area contributed by atoms with Crippen LogP contribution >= 0.6 is 0 Å². The lowest BCUT2D eigenvalue weighted by Gasteiger charge is -2.41. The molecule has 1 rings (SSSR count). The smallest absolute Gasteiger partial charge is 0.329 e. The summed E-state index contributed by atoms with van der Waals surface area (Å²) in [6, 6.07) is 0. The molecule has 1 saturated heterocycles. The number of carbonyl (C=O) groups excluding carboxylic acids is 2. The summed E-state index contributed by atoms with van der Waals surface area (Å²) < 4.78 is 0. The molecule has 7 nitrogen and oxygen atoms in total. The predicted octanol–water partition coefficient (Wildman–Crippen LogP) is -1.08. The first-order chi connectivity index (χ1) is 8.41. The van der Waals surface area contributed by atoms with Gasteiger partial charge in [0.2, 0.25) is 11.8 Å². The van der Waals surface area contributed by atoms with Gasteiger partial charge in [0.15, 0.2) is 0 Å². The number of nitrogens with one attached hydrogen (secondary N) is 1. The van der Waals surface area contributed by atoms with E-state index in [-0.39, 0.29) is 19.0 Å². The minimum atomic E-state index is -1.18. The molecule has 0 aromatic rings. The molecule has 0 aliphatic carbocycles. The number of nitrogens with two attached hydrogens (primary N) is 1. The monoisotopic (exact) mass is 257 g/mol. The van der Waals surface area contributed by atoms with Crippen LogP contribution < -0.4 is 11.1 Å². The predicted molar refractivity (Wildman–Crippen MR) is 63.7 cm³/mol. The molecule has 1 aliphatic rings. The largest absolute Gasteiger partial charge is 0.480 e. The van der Waals surface area contributed by atoms with E-state index in [0.29, 0.717) is 13.0 Å². The first-order valence-electron chi connectivity index (χ1n) is 5.92. The van der Waals surface area contributed by atoms with Crippen LogP contribution in [0.4, 0.5) is 0 Å². The van der Waals surface area contributed by atoms with Gasteiger partial charge in [0.05, 0.1) is 13.1 Å². The minimum Gasteiger partial charge on any atom is -0.480 e. The van der Waals surface area contributed by atoms with Crippen LogP contribution in [0.3, 0.4) is 0 Å². The molecule has 0 spiro atoms. The van der Waals surface area contributed by atoms with Crippen LogP contribution in [0.2, 0.25) is 0 Å². The summed E-state index contributed by atoms with van der Waals surface area (Å²) >= 11 is 0. The van der Waals surface area contributed by atoms with Crippen molar-refractivity contribution >= 4 is 17.8 Å². The van der Waals surface area contributed by atoms with Crippen molar-refractivity contribution in [1.82, 2.24) is 10.2 Å². The Labute approximate surface area is 105 Å². The number of hydrogen-bond acceptors (Lipinski definition) is 4. The third kappa shape index (κ3) is 2.98. The topological polar surface area (TPSA) is 113 Å². The minimum absolute atomic E-state index is 0.191. The van der Waals surface area contributed by atoms with Crippen molar-refractivity contribution in [1.29, 1.82) is 0 Å². The highest BCUT2D eigenvalue weighted by atomic mass is 16.4. The van der Waals surface area contributed by atoms with Gasteiger partial charge in [-0.1, -0.05) is 0 Å². The highest BCUT2D eigenvalue weighted by Gasteiger charge is 2.43. The Morgan fingerprint density at radius 3 is 2.61 bits per heavy atom. The van der Waals surface area contributed by atoms with Gasteiger partial charge in [-0.15, -0.1) is 0 Å². The summed E-state index contributed by atoms with van der Waals surface area (Å²) in [5.74, 6) is -1.83. The van der Waals surface area contributed by atoms with Crippen molar-refractivity contribution < 1.29 is 19.5 Å². The maximum atomic E-state index is 11.9. The van der Waals surface area contributed by atoms with Crippen molar-refractivity contribution in [2.75, 3.05) is 19.6 Å². The van der Waals surface area contributed by atoms with Crippen molar-refractivity contribution in [3.05, 3.63) is 0 Å². The van der Waals surface area contributed by atoms with Crippen LogP contribution in [0.1, 0.15) is 26.2 Å². The van der Waals surface area contributed by atoms with E-state index in [2.05, 4.69) is 5.32 Å². The molecule has 0 aromatic heterocycles. The number of hydrogen-bond donors (Lipinski definition) is 3. The molecule has 2 amide bonds. The summed E-state index contributed by atoms with van der Waals surface area (Å²) in [7, 11) is 0. The molecule has 0 aromatic carbocycles. The van der Waals surface area contributed by atoms with Gasteiger partial charge in [-0.05, 0) is 26.2 Å². The molecule has 4 N–H and O–H groups in total. The third-order valence-electron chi connectivity index (χ3n) is 3.28. The summed E-state index contributed by atoms with van der Waals surface area (Å²) in [4.78, 5) is 35.5. The van der Waals surface area contributed by atoms with Gasteiger partial charge in [-0.3, -0.25) is 9.59 Å². The summed E-state index contributed by atoms with van der Waals surface area (Å²) in [6.45, 7) is 1.54. The van der Waals surface area contributed by atoms with Gasteiger partial charge in [-0.25, -0.2) is 4.79 Å². The van der Waals surface area contributed by atoms with E-state index in [0.717, 1.165) is 12.8 Å². The standard InChI is InChI=1S/C11H19N3O4/c1-11(10(17)18)4-2-3-5-14(11)9(16)7-13-8(15)6-12/h2-7,12H2,1H3,(H,13,15)(H,17,18). The van der Waals surface area contributed by atoms with Crippen LogP contribution in [0.5, 0.6) is 0 Å². The number of piperidine rings is 1. The number of nitrogens with zero attached hydrogens (tertiary/aromatic N) is 1. The first kappa shape index (κ1) is 14.4. The Balaban J connectivity index is 2.69. The van der Waals surface area contributed by atoms with Crippen molar-refractivity contribution in [3.8, 4) is 0 Å². The molecule has 0 saturated carbocycles. The second-order valence-electron chi connectivity index (χ2n) is 4.56. The molecule has 1 aliphatic heterocycles. The molecular formula is C11H19N3O4. The van der Waals surface area contributed by atoms with Crippen LogP contribution in [-0.4, -0.2) is 53.0 Å². The highest BCUT2D eigenvalue weighted by molar-refractivity contribution is 5.90. The zero-order chi connectivity index (χ0) is 13.8. The van der Waals surface area contributed by atoms with Gasteiger partial charge in [0, 0.05) is 6.54 Å². The zero-order valence-corrected chi connectivity index (χ0v) is 10.4. The van der Waals surface area contributed by atoms with E-state index < -0.39 is 17.4 Å². The number of amides is 2. The fraction of sp³-hybridized carbons (Fsp3) is 0.727. The van der Waals surface area contributed by atoms with Crippen LogP contribution in [-0.2, 0) is 14.4 Å². The van der Waals surface area contributed by atoms with Gasteiger partial charge in [0.25, 0.3) is 0 Å². The van der Waals surface area contributed by atoms with E-state index in [1.54, 1.807) is 0 Å². The second kappa shape index (κ2) is 5.81. The number of carboxylic acids is 1. The average Bonchev–Trinajstić information content (AvgIpc) is 2.35. The van der Waals surface area contributed by atoms with Crippen LogP contribution in [0.25, 0.3) is 0 Å². The van der Waals surface area contributed by atoms with Crippen LogP contribution in [0, 0.1) is 0 Å². The van der Waals surface area contributed by atoms with E-state index in [1.807, 2.05) is 0 Å². The molecule has 7 heteroatoms. The Morgan fingerprint density at radius 2 is 2.06 bits per heavy atom. The molecule has 1 atom stereocenters. The molecule has 18 heavy (non-hydrogen) atoms. The van der Waals surface area contributed by atoms with Gasteiger partial charge >= 0.3 is 5.97 Å². The van der Waals surface area contributed by atoms with E-state index >= 15 is 0 Å². The van der Waals surface area contributed by atoms with E-state index in [4.69, 9.17) is 5.73 Å². The fourth-order valence-corrected chi connectivity index (χ4v) is 2.08. The Bertz CT molecular complexity index is 358. The Hall–Kier alpha value is -1.63. The Morgan fingerprint density at radius 1 is 1.39 bits per heavy atom. The summed E-state index contributed by atoms with van der Waals surface area (Å²) in [6.07, 6.45) is 1.99. The lowest BCUT2D eigenvalue weighted by molar-refractivity contribution is -0.160. The first-order valence-corrected chi connectivity index (χ1v) is 5.92. The zero-order valence-electron chi connectivity index (χ0n) is 10.4. The number of aliphatic carboxylic acids is 1. The molecule has 1 unspecified atom stereocenters. The molecule has 0 bridgehead atoms. The molecule has 1 heterocycles. The normalized spacial score (nSPS) is 23.6. The van der Waals surface area contributed by atoms with Gasteiger partial charge < -0.3 is 21.1 Å². The second-order valence-corrected chi connectivity index (χ2v) is 4.56. The maximum Gasteiger partial charge on any atom is 0.329 e. The van der Waals surface area contributed by atoms with Crippen LogP contribution in [0.15, 0.2) is 0 Å². The fourth-order valence-electron chi connectivity index (χ4n) is 2.08. The lowest BCUT2D eigenvalue weighted by atomic mass is 9.88. The molecule has 1 fully saturated rings. The molecule has 102 valence electrons. The van der Waals surface area contributed by atoms with E-state index in [9.17, 15) is 19.5 Å². The summed E-state index contributed by atoms with van der Waals surface area (Å²) in [5.41, 5.74) is 3.93. The lowest BCUT2D eigenvalue weighted by Crippen LogP contribution is -2.59. The number of rotatable bonds is 4. The van der Waals surface area contributed by atoms with Gasteiger partial charge in [0.1, 0.15) is 5.54 Å². The molecular weight excluding hydrogens is 238 g/mol. The Kier molecular flexibility index (Phi) is 4.66. The van der Waals surface area contributed by atoms with Crippen molar-refractivity contribution in [3.63, 3.8) is 0 Å². The SMILES string of the molecule is CC1(C(=O)O)CCCCN1C(=O)CNC(=O)CN. The van der Waals surface area contributed by atoms with Crippen molar-refractivity contribution in [2.24, 2.45) is 5.73 Å².